The van der Waals surface area contributed by atoms with Gasteiger partial charge in [0.2, 0.25) is 5.91 Å². The molecule has 3 saturated carbocycles. The number of methoxy groups -OCH3 is 1. The van der Waals surface area contributed by atoms with E-state index in [9.17, 15) is 19.8 Å². The second-order valence-electron chi connectivity index (χ2n) is 18.2. The number of hydrogen-bond acceptors (Lipinski definition) is 10. The quantitative estimate of drug-likeness (QED) is 0.170. The molecule has 2 aliphatic heterocycles. The Morgan fingerprint density at radius 2 is 1.78 bits per heavy atom. The predicted octanol–water partition coefficient (Wildman–Crippen LogP) is 4.76. The van der Waals surface area contributed by atoms with Gasteiger partial charge in [0.05, 0.1) is 39.6 Å². The van der Waals surface area contributed by atoms with E-state index in [0.29, 0.717) is 68.3 Å². The lowest BCUT2D eigenvalue weighted by atomic mass is 9.45. The number of likely N-dealkylation sites (N-methyl/N-ethyl adjacent to an activating group) is 1. The molecule has 5 fully saturated rings. The van der Waals surface area contributed by atoms with Gasteiger partial charge >= 0.3 is 0 Å². The van der Waals surface area contributed by atoms with E-state index in [-0.39, 0.29) is 42.5 Å². The second-order valence-corrected chi connectivity index (χ2v) is 18.2. The second kappa shape index (κ2) is 18.3. The van der Waals surface area contributed by atoms with Crippen LogP contribution in [0.1, 0.15) is 62.0 Å². The summed E-state index contributed by atoms with van der Waals surface area (Å²) in [5, 5.41) is 29.8. The van der Waals surface area contributed by atoms with Crippen LogP contribution in [0.15, 0.2) is 66.7 Å². The van der Waals surface area contributed by atoms with Crippen LogP contribution in [0.5, 0.6) is 5.75 Å². The third kappa shape index (κ3) is 9.18. The minimum Gasteiger partial charge on any atom is -0.496 e. The number of fused-ring (bicyclic) bond motifs is 2. The highest BCUT2D eigenvalue weighted by Gasteiger charge is 2.57. The van der Waals surface area contributed by atoms with E-state index < -0.39 is 24.2 Å². The number of amides is 2. The molecule has 12 heteroatoms. The summed E-state index contributed by atoms with van der Waals surface area (Å²) in [4.78, 5) is 39.3. The number of para-hydroxylation sites is 1. The van der Waals surface area contributed by atoms with Crippen LogP contribution in [-0.2, 0) is 27.3 Å². The Balaban J connectivity index is 1.19. The molecular formula is C47H65N5O7. The molecule has 3 aliphatic carbocycles. The molecule has 12 nitrogen and oxygen atoms in total. The van der Waals surface area contributed by atoms with Crippen molar-refractivity contribution < 1.29 is 34.1 Å². The summed E-state index contributed by atoms with van der Waals surface area (Å²) >= 11 is 0. The monoisotopic (exact) mass is 811 g/mol. The van der Waals surface area contributed by atoms with Crippen molar-refractivity contribution in [2.45, 2.75) is 83.8 Å². The first-order chi connectivity index (χ1) is 28.3. The van der Waals surface area contributed by atoms with Gasteiger partial charge in [0.15, 0.2) is 0 Å². The van der Waals surface area contributed by atoms with E-state index in [2.05, 4.69) is 59.4 Å². The Kier molecular flexibility index (Phi) is 13.4. The molecule has 2 amide bonds. The first kappa shape index (κ1) is 43.1. The van der Waals surface area contributed by atoms with Crippen molar-refractivity contribution in [1.29, 1.82) is 0 Å². The minimum atomic E-state index is -0.908. The van der Waals surface area contributed by atoms with Crippen LogP contribution < -0.4 is 20.3 Å². The molecule has 0 aromatic heterocycles. The van der Waals surface area contributed by atoms with Crippen LogP contribution >= 0.6 is 0 Å². The third-order valence-corrected chi connectivity index (χ3v) is 13.8. The number of hydroxylamine groups is 2. The van der Waals surface area contributed by atoms with Crippen LogP contribution in [0.3, 0.4) is 0 Å². The lowest BCUT2D eigenvalue weighted by molar-refractivity contribution is -0.183. The number of anilines is 1. The highest BCUT2D eigenvalue weighted by Crippen LogP contribution is 2.61. The summed E-state index contributed by atoms with van der Waals surface area (Å²) in [7, 11) is 5.64. The summed E-state index contributed by atoms with van der Waals surface area (Å²) in [6.07, 6.45) is 1.15. The zero-order valence-electron chi connectivity index (χ0n) is 35.9. The maximum Gasteiger partial charge on any atom is 0.251 e. The van der Waals surface area contributed by atoms with Crippen LogP contribution in [0.4, 0.5) is 5.69 Å². The highest BCUT2D eigenvalue weighted by atomic mass is 16.7. The summed E-state index contributed by atoms with van der Waals surface area (Å²) < 4.78 is 11.9. The molecule has 0 unspecified atom stereocenters. The number of aliphatic hydroxyl groups is 2. The van der Waals surface area contributed by atoms with E-state index in [1.807, 2.05) is 62.6 Å². The van der Waals surface area contributed by atoms with Gasteiger partial charge in [-0.15, -0.1) is 0 Å². The third-order valence-electron chi connectivity index (χ3n) is 13.8. The van der Waals surface area contributed by atoms with Gasteiger partial charge in [-0.1, -0.05) is 69.3 Å². The standard InChI is InChI=1S/C47H65N5O7/c1-29-39-24-35(47(39,3)4)25-40(29)49-46(56)43-42(30(2)54)41(28-53)59-52(43)26-32-14-11-15-38(44(32)57-7)33-21-34(23-37(22-33)51-16-18-58-19-17-51)45(55)48-36(27-50(5)6)20-31-12-9-8-10-13-31/h8-15,21-23,29-30,35-36,39-43,53-54H,16-20,24-28H2,1-7H3,(H,48,55)(H,49,56)/t29-,30-,35+,36-,39+,40-,41-,42+,43-/m0/s1. The van der Waals surface area contributed by atoms with Crippen molar-refractivity contribution in [1.82, 2.24) is 20.6 Å². The fourth-order valence-electron chi connectivity index (χ4n) is 10.5. The molecule has 8 rings (SSSR count). The van der Waals surface area contributed by atoms with Crippen molar-refractivity contribution in [2.75, 3.05) is 65.6 Å². The summed E-state index contributed by atoms with van der Waals surface area (Å²) in [6, 6.07) is 21.1. The van der Waals surface area contributed by atoms with E-state index in [4.69, 9.17) is 14.3 Å². The van der Waals surface area contributed by atoms with Crippen molar-refractivity contribution in [3.05, 3.63) is 83.4 Å². The number of carbonyl (C=O) groups excluding carboxylic acids is 2. The Morgan fingerprint density at radius 1 is 1.03 bits per heavy atom. The Labute approximate surface area is 350 Å². The molecule has 2 bridgehead atoms. The number of benzene rings is 3. The van der Waals surface area contributed by atoms with Gasteiger partial charge in [-0.25, -0.2) is 0 Å². The molecule has 9 atom stereocenters. The highest BCUT2D eigenvalue weighted by molar-refractivity contribution is 5.97. The normalized spacial score (nSPS) is 27.5. The van der Waals surface area contributed by atoms with E-state index >= 15 is 0 Å². The van der Waals surface area contributed by atoms with Crippen LogP contribution in [0.2, 0.25) is 0 Å². The van der Waals surface area contributed by atoms with E-state index in [0.717, 1.165) is 34.4 Å². The lowest BCUT2D eigenvalue weighted by Gasteiger charge is -2.62. The van der Waals surface area contributed by atoms with Crippen molar-refractivity contribution in [3.8, 4) is 16.9 Å². The average molecular weight is 812 g/mol. The zero-order valence-corrected chi connectivity index (χ0v) is 35.9. The SMILES string of the molecule is COc1c(CN2O[C@@H](CO)[C@@H]([C@H](C)O)[C@H]2C(=O)N[C@H]2C[C@H]3C[C@H]([C@@H]2C)C3(C)C)cccc1-c1cc(C(=O)N[C@@H](Cc2ccccc2)CN(C)C)cc(N2CCOCC2)c1. The fourth-order valence-corrected chi connectivity index (χ4v) is 10.5. The summed E-state index contributed by atoms with van der Waals surface area (Å²) in [5.41, 5.74) is 5.24. The topological polar surface area (TPSA) is 136 Å². The maximum absolute atomic E-state index is 14.4. The molecule has 4 N–H and O–H groups in total. The molecule has 320 valence electrons. The number of morpholine rings is 1. The summed E-state index contributed by atoms with van der Waals surface area (Å²) in [5.74, 6) is 1.01. The van der Waals surface area contributed by atoms with Gasteiger partial charge in [-0.05, 0) is 92.8 Å². The predicted molar refractivity (Wildman–Crippen MR) is 229 cm³/mol. The molecule has 2 saturated heterocycles. The molecule has 3 aromatic rings. The number of nitrogens with one attached hydrogen (secondary N) is 2. The van der Waals surface area contributed by atoms with Gasteiger partial charge in [0.1, 0.15) is 17.9 Å². The van der Waals surface area contributed by atoms with Gasteiger partial charge in [0.25, 0.3) is 5.91 Å². The molecule has 2 heterocycles. The number of ether oxygens (including phenoxy) is 2. The number of nitrogens with zero attached hydrogens (tertiary/aromatic N) is 3. The molecule has 0 spiro atoms. The summed E-state index contributed by atoms with van der Waals surface area (Å²) in [6.45, 7) is 11.7. The zero-order chi connectivity index (χ0) is 42.0. The average Bonchev–Trinajstić information content (AvgIpc) is 3.60. The Bertz CT molecular complexity index is 1920. The maximum atomic E-state index is 14.4. The first-order valence-electron chi connectivity index (χ1n) is 21.4. The minimum absolute atomic E-state index is 0.0310. The van der Waals surface area contributed by atoms with E-state index in [1.54, 1.807) is 19.1 Å². The Morgan fingerprint density at radius 3 is 2.42 bits per heavy atom. The number of rotatable bonds is 15. The Hall–Kier alpha value is -4.04. The van der Waals surface area contributed by atoms with Gasteiger partial charge in [-0.2, -0.15) is 5.06 Å². The largest absolute Gasteiger partial charge is 0.496 e. The molecule has 3 aromatic carbocycles. The lowest BCUT2D eigenvalue weighted by Crippen LogP contribution is -2.62. The smallest absolute Gasteiger partial charge is 0.251 e. The fraction of sp³-hybridized carbons (Fsp3) is 0.574. The van der Waals surface area contributed by atoms with Crippen molar-refractivity contribution in [3.63, 3.8) is 0 Å². The van der Waals surface area contributed by atoms with Gasteiger partial charge in [-0.3, -0.25) is 14.4 Å². The molecule has 5 aliphatic rings. The number of aliphatic hydroxyl groups excluding tert-OH is 2. The molecule has 59 heavy (non-hydrogen) atoms. The van der Waals surface area contributed by atoms with Crippen LogP contribution in [0.25, 0.3) is 11.1 Å². The van der Waals surface area contributed by atoms with Crippen molar-refractivity contribution >= 4 is 17.5 Å². The van der Waals surface area contributed by atoms with Crippen LogP contribution in [0, 0.1) is 29.1 Å². The molecule has 0 radical (unpaired) electrons. The first-order valence-corrected chi connectivity index (χ1v) is 21.4. The van der Waals surface area contributed by atoms with E-state index in [1.165, 1.54) is 6.42 Å². The molecular weight excluding hydrogens is 747 g/mol. The number of carbonyl (C=O) groups is 2. The van der Waals surface area contributed by atoms with Crippen LogP contribution in [-0.4, -0.2) is 123 Å². The van der Waals surface area contributed by atoms with Gasteiger partial charge in [0, 0.05) is 60.0 Å². The van der Waals surface area contributed by atoms with Gasteiger partial charge < -0.3 is 40.1 Å². The van der Waals surface area contributed by atoms with Crippen molar-refractivity contribution in [2.24, 2.45) is 29.1 Å². The number of hydrogen-bond donors (Lipinski definition) is 4.